The van der Waals surface area contributed by atoms with Crippen LogP contribution in [0.3, 0.4) is 0 Å². The molecule has 2 heteroatoms. The van der Waals surface area contributed by atoms with Gasteiger partial charge in [-0.15, -0.1) is 24.0 Å². The van der Waals surface area contributed by atoms with Gasteiger partial charge in [-0.2, -0.15) is 0 Å². The molecule has 0 aromatic carbocycles. The van der Waals surface area contributed by atoms with E-state index in [4.69, 9.17) is 5.73 Å². The van der Waals surface area contributed by atoms with E-state index < -0.39 is 0 Å². The normalized spacial score (nSPS) is 11.6. The average molecular weight is 496 g/mol. The Morgan fingerprint density at radius 1 is 0.407 bits per heavy atom. The van der Waals surface area contributed by atoms with E-state index in [1.807, 2.05) is 0 Å². The van der Waals surface area contributed by atoms with Crippen molar-refractivity contribution < 1.29 is 0 Å². The highest BCUT2D eigenvalue weighted by atomic mass is 127. The Morgan fingerprint density at radius 2 is 0.630 bits per heavy atom. The molecule has 0 spiro atoms. The Morgan fingerprint density at radius 3 is 0.889 bits per heavy atom. The van der Waals surface area contributed by atoms with Crippen LogP contribution in [0.4, 0.5) is 0 Å². The summed E-state index contributed by atoms with van der Waals surface area (Å²) in [6, 6.07) is 0. The van der Waals surface area contributed by atoms with E-state index in [1.165, 1.54) is 135 Å². The van der Waals surface area contributed by atoms with Gasteiger partial charge in [-0.25, -0.2) is 0 Å². The van der Waals surface area contributed by atoms with Gasteiger partial charge in [0.25, 0.3) is 0 Å². The maximum absolute atomic E-state index is 6.92. The SMILES string of the molecule is CCCCCCCCC(N)(CCCCCCCC)CCCCCCCC.I. The monoisotopic (exact) mass is 495 g/mol. The molecule has 0 aliphatic rings. The molecular formula is C25H54IN. The van der Waals surface area contributed by atoms with Gasteiger partial charge in [-0.3, -0.25) is 0 Å². The first-order chi connectivity index (χ1) is 12.7. The fraction of sp³-hybridized carbons (Fsp3) is 1.00. The molecule has 0 unspecified atom stereocenters. The molecule has 1 nitrogen and oxygen atoms in total. The smallest absolute Gasteiger partial charge is 0.0154 e. The second kappa shape index (κ2) is 23.0. The third-order valence-corrected chi connectivity index (χ3v) is 6.08. The third kappa shape index (κ3) is 21.2. The lowest BCUT2D eigenvalue weighted by molar-refractivity contribution is 0.302. The molecule has 0 aromatic rings. The summed E-state index contributed by atoms with van der Waals surface area (Å²) in [6.07, 6.45) is 28.8. The summed E-state index contributed by atoms with van der Waals surface area (Å²) in [4.78, 5) is 0. The molecule has 2 N–H and O–H groups in total. The van der Waals surface area contributed by atoms with Crippen LogP contribution >= 0.6 is 24.0 Å². The minimum absolute atomic E-state index is 0. The topological polar surface area (TPSA) is 26.0 Å². The van der Waals surface area contributed by atoms with Gasteiger partial charge in [0.15, 0.2) is 0 Å². The first kappa shape index (κ1) is 29.9. The number of rotatable bonds is 21. The molecule has 0 radical (unpaired) electrons. The summed E-state index contributed by atoms with van der Waals surface area (Å²) < 4.78 is 0. The highest BCUT2D eigenvalue weighted by Crippen LogP contribution is 2.27. The minimum Gasteiger partial charge on any atom is -0.325 e. The molecule has 0 atom stereocenters. The van der Waals surface area contributed by atoms with Gasteiger partial charge in [0.05, 0.1) is 0 Å². The Hall–Kier alpha value is 0.690. The molecule has 0 aliphatic carbocycles. The van der Waals surface area contributed by atoms with Gasteiger partial charge in [-0.1, -0.05) is 136 Å². The fourth-order valence-electron chi connectivity index (χ4n) is 4.15. The van der Waals surface area contributed by atoms with Gasteiger partial charge in [0.2, 0.25) is 0 Å². The average Bonchev–Trinajstić information content (AvgIpc) is 2.64. The van der Waals surface area contributed by atoms with Gasteiger partial charge >= 0.3 is 0 Å². The third-order valence-electron chi connectivity index (χ3n) is 6.08. The Balaban J connectivity index is 0. The molecule has 0 aliphatic heterocycles. The van der Waals surface area contributed by atoms with E-state index in [1.54, 1.807) is 0 Å². The van der Waals surface area contributed by atoms with E-state index in [-0.39, 0.29) is 29.5 Å². The number of unbranched alkanes of at least 4 members (excludes halogenated alkanes) is 15. The van der Waals surface area contributed by atoms with Gasteiger partial charge < -0.3 is 5.73 Å². The zero-order chi connectivity index (χ0) is 19.3. The van der Waals surface area contributed by atoms with E-state index in [2.05, 4.69) is 20.8 Å². The molecule has 0 amide bonds. The van der Waals surface area contributed by atoms with Gasteiger partial charge in [0.1, 0.15) is 0 Å². The van der Waals surface area contributed by atoms with Crippen LogP contribution in [0.2, 0.25) is 0 Å². The summed E-state index contributed by atoms with van der Waals surface area (Å²) in [5, 5.41) is 0. The zero-order valence-electron chi connectivity index (χ0n) is 19.3. The molecule has 0 saturated heterocycles. The number of nitrogens with two attached hydrogens (primary N) is 1. The predicted octanol–water partition coefficient (Wildman–Crippen LogP) is 9.55. The number of hydrogen-bond donors (Lipinski definition) is 1. The maximum Gasteiger partial charge on any atom is 0.0154 e. The first-order valence-corrected chi connectivity index (χ1v) is 12.5. The van der Waals surface area contributed by atoms with Crippen molar-refractivity contribution >= 4 is 24.0 Å². The molecular weight excluding hydrogens is 441 g/mol. The predicted molar refractivity (Wildman–Crippen MR) is 136 cm³/mol. The Labute approximate surface area is 190 Å². The lowest BCUT2D eigenvalue weighted by Gasteiger charge is -2.30. The van der Waals surface area contributed by atoms with E-state index >= 15 is 0 Å². The molecule has 0 bridgehead atoms. The molecule has 0 rings (SSSR count). The Kier molecular flexibility index (Phi) is 25.4. The van der Waals surface area contributed by atoms with Crippen molar-refractivity contribution in [3.05, 3.63) is 0 Å². The van der Waals surface area contributed by atoms with Crippen LogP contribution in [0.15, 0.2) is 0 Å². The van der Waals surface area contributed by atoms with Crippen molar-refractivity contribution in [2.75, 3.05) is 0 Å². The summed E-state index contributed by atoms with van der Waals surface area (Å²) in [5.41, 5.74) is 7.06. The van der Waals surface area contributed by atoms with E-state index in [0.29, 0.717) is 0 Å². The number of hydrogen-bond acceptors (Lipinski definition) is 1. The summed E-state index contributed by atoms with van der Waals surface area (Å²) in [5.74, 6) is 0. The largest absolute Gasteiger partial charge is 0.325 e. The maximum atomic E-state index is 6.92. The van der Waals surface area contributed by atoms with E-state index in [0.717, 1.165) is 0 Å². The van der Waals surface area contributed by atoms with Crippen molar-refractivity contribution in [2.45, 2.75) is 161 Å². The second-order valence-electron chi connectivity index (χ2n) is 8.92. The standard InChI is InChI=1S/C25H53N.HI/c1-4-7-10-13-16-19-22-25(26,23-20-17-14-11-8-5-2)24-21-18-15-12-9-6-3;/h4-24,26H2,1-3H3;1H. The highest BCUT2D eigenvalue weighted by Gasteiger charge is 2.23. The lowest BCUT2D eigenvalue weighted by Crippen LogP contribution is -2.39. The second-order valence-corrected chi connectivity index (χ2v) is 8.92. The van der Waals surface area contributed by atoms with Crippen LogP contribution in [0.1, 0.15) is 156 Å². The van der Waals surface area contributed by atoms with Crippen molar-refractivity contribution in [1.29, 1.82) is 0 Å². The van der Waals surface area contributed by atoms with Crippen LogP contribution < -0.4 is 5.73 Å². The summed E-state index contributed by atoms with van der Waals surface area (Å²) in [6.45, 7) is 6.89. The molecule has 27 heavy (non-hydrogen) atoms. The summed E-state index contributed by atoms with van der Waals surface area (Å²) in [7, 11) is 0. The highest BCUT2D eigenvalue weighted by molar-refractivity contribution is 14.0. The lowest BCUT2D eigenvalue weighted by atomic mass is 9.82. The zero-order valence-corrected chi connectivity index (χ0v) is 21.7. The van der Waals surface area contributed by atoms with Crippen LogP contribution in [0.5, 0.6) is 0 Å². The van der Waals surface area contributed by atoms with Crippen LogP contribution in [-0.2, 0) is 0 Å². The molecule has 0 heterocycles. The fourth-order valence-corrected chi connectivity index (χ4v) is 4.15. The van der Waals surface area contributed by atoms with Crippen LogP contribution in [-0.4, -0.2) is 5.54 Å². The quantitative estimate of drug-likeness (QED) is 0.124. The Bertz CT molecular complexity index is 226. The number of halogens is 1. The van der Waals surface area contributed by atoms with Crippen LogP contribution in [0, 0.1) is 0 Å². The van der Waals surface area contributed by atoms with Gasteiger partial charge in [0, 0.05) is 5.54 Å². The van der Waals surface area contributed by atoms with Crippen molar-refractivity contribution in [3.63, 3.8) is 0 Å². The first-order valence-electron chi connectivity index (χ1n) is 12.5. The van der Waals surface area contributed by atoms with Crippen molar-refractivity contribution in [2.24, 2.45) is 5.73 Å². The van der Waals surface area contributed by atoms with Crippen molar-refractivity contribution in [1.82, 2.24) is 0 Å². The molecule has 0 aromatic heterocycles. The van der Waals surface area contributed by atoms with E-state index in [9.17, 15) is 0 Å². The minimum atomic E-state index is 0. The summed E-state index contributed by atoms with van der Waals surface area (Å²) >= 11 is 0. The van der Waals surface area contributed by atoms with Crippen LogP contribution in [0.25, 0.3) is 0 Å². The molecule has 166 valence electrons. The van der Waals surface area contributed by atoms with Gasteiger partial charge in [-0.05, 0) is 19.3 Å². The molecule has 0 saturated carbocycles. The van der Waals surface area contributed by atoms with Crippen molar-refractivity contribution in [3.8, 4) is 0 Å². The molecule has 0 fully saturated rings.